The van der Waals surface area contributed by atoms with Gasteiger partial charge in [0.2, 0.25) is 5.91 Å². The van der Waals surface area contributed by atoms with Crippen LogP contribution in [0.25, 0.3) is 21.3 Å². The van der Waals surface area contributed by atoms with Crippen LogP contribution < -0.4 is 16.7 Å². The SMILES string of the molecule is CCOC(=O)NC(=O)CSc1nc2scc(-c3ccccc3)c2c(=O)n1N. The van der Waals surface area contributed by atoms with Crippen molar-refractivity contribution in [3.05, 3.63) is 46.1 Å². The van der Waals surface area contributed by atoms with Crippen LogP contribution in [0, 0.1) is 0 Å². The minimum atomic E-state index is -0.817. The first-order chi connectivity index (χ1) is 13.0. The maximum absolute atomic E-state index is 12.7. The fraction of sp³-hybridized carbons (Fsp3) is 0.176. The van der Waals surface area contributed by atoms with Crippen molar-refractivity contribution in [2.24, 2.45) is 0 Å². The molecule has 2 amide bonds. The van der Waals surface area contributed by atoms with Crippen molar-refractivity contribution in [1.82, 2.24) is 15.0 Å². The monoisotopic (exact) mass is 404 g/mol. The molecule has 27 heavy (non-hydrogen) atoms. The normalized spacial score (nSPS) is 10.7. The van der Waals surface area contributed by atoms with Crippen LogP contribution in [0.5, 0.6) is 0 Å². The molecule has 3 aromatic rings. The van der Waals surface area contributed by atoms with Gasteiger partial charge in [-0.15, -0.1) is 11.3 Å². The van der Waals surface area contributed by atoms with Gasteiger partial charge in [0.15, 0.2) is 5.16 Å². The number of carbonyl (C=O) groups excluding carboxylic acids is 2. The van der Waals surface area contributed by atoms with E-state index in [1.807, 2.05) is 35.7 Å². The number of imide groups is 1. The summed E-state index contributed by atoms with van der Waals surface area (Å²) in [5.41, 5.74) is 1.27. The van der Waals surface area contributed by atoms with Crippen LogP contribution in [0.3, 0.4) is 0 Å². The second kappa shape index (κ2) is 8.23. The number of amides is 2. The van der Waals surface area contributed by atoms with Crippen molar-refractivity contribution in [2.75, 3.05) is 18.2 Å². The zero-order valence-electron chi connectivity index (χ0n) is 14.3. The van der Waals surface area contributed by atoms with E-state index in [0.29, 0.717) is 10.2 Å². The number of nitrogens with zero attached hydrogens (tertiary/aromatic N) is 2. The summed E-state index contributed by atoms with van der Waals surface area (Å²) in [6, 6.07) is 9.49. The van der Waals surface area contributed by atoms with Crippen molar-refractivity contribution in [3.63, 3.8) is 0 Å². The van der Waals surface area contributed by atoms with Gasteiger partial charge in [-0.25, -0.2) is 14.5 Å². The van der Waals surface area contributed by atoms with Gasteiger partial charge in [0, 0.05) is 10.9 Å². The number of hydrogen-bond acceptors (Lipinski definition) is 8. The smallest absolute Gasteiger partial charge is 0.413 e. The van der Waals surface area contributed by atoms with Crippen LogP contribution in [0.4, 0.5) is 4.79 Å². The minimum Gasteiger partial charge on any atom is -0.450 e. The maximum atomic E-state index is 12.7. The molecule has 2 heterocycles. The second-order valence-corrected chi connectivity index (χ2v) is 7.12. The third-order valence-corrected chi connectivity index (χ3v) is 5.37. The molecule has 140 valence electrons. The zero-order chi connectivity index (χ0) is 19.4. The quantitative estimate of drug-likeness (QED) is 0.380. The first kappa shape index (κ1) is 18.9. The molecular weight excluding hydrogens is 388 g/mol. The highest BCUT2D eigenvalue weighted by Gasteiger charge is 2.17. The summed E-state index contributed by atoms with van der Waals surface area (Å²) in [5, 5.41) is 4.56. The van der Waals surface area contributed by atoms with Gasteiger partial charge in [0.25, 0.3) is 5.56 Å². The molecule has 0 aliphatic heterocycles. The average molecular weight is 404 g/mol. The van der Waals surface area contributed by atoms with Crippen molar-refractivity contribution >= 4 is 45.3 Å². The molecule has 2 aromatic heterocycles. The molecule has 0 spiro atoms. The first-order valence-corrected chi connectivity index (χ1v) is 9.82. The van der Waals surface area contributed by atoms with E-state index < -0.39 is 17.6 Å². The number of benzene rings is 1. The predicted octanol–water partition coefficient (Wildman–Crippen LogP) is 2.20. The Labute approximate surface area is 162 Å². The second-order valence-electron chi connectivity index (χ2n) is 5.32. The number of carbonyl (C=O) groups is 2. The Balaban J connectivity index is 1.85. The standard InChI is InChI=1S/C17H16N4O4S2/c1-2-25-17(24)19-12(22)9-27-16-20-14-13(15(23)21(16)18)11(8-26-14)10-6-4-3-5-7-10/h3-8H,2,9,18H2,1H3,(H,19,22,24). The van der Waals surface area contributed by atoms with Crippen molar-refractivity contribution in [2.45, 2.75) is 12.1 Å². The Hall–Kier alpha value is -2.85. The third-order valence-electron chi connectivity index (χ3n) is 3.54. The Morgan fingerprint density at radius 2 is 2.07 bits per heavy atom. The number of nitrogens with two attached hydrogens (primary N) is 1. The van der Waals surface area contributed by atoms with E-state index in [1.165, 1.54) is 11.3 Å². The summed E-state index contributed by atoms with van der Waals surface area (Å²) in [6.45, 7) is 1.80. The van der Waals surface area contributed by atoms with E-state index in [1.54, 1.807) is 6.92 Å². The van der Waals surface area contributed by atoms with Gasteiger partial charge in [-0.3, -0.25) is 14.9 Å². The molecule has 0 saturated heterocycles. The van der Waals surface area contributed by atoms with Gasteiger partial charge in [0.1, 0.15) is 4.83 Å². The highest BCUT2D eigenvalue weighted by Crippen LogP contribution is 2.31. The molecular formula is C17H16N4O4S2. The molecule has 0 bridgehead atoms. The van der Waals surface area contributed by atoms with Gasteiger partial charge < -0.3 is 10.6 Å². The van der Waals surface area contributed by atoms with Gasteiger partial charge in [-0.2, -0.15) is 0 Å². The summed E-state index contributed by atoms with van der Waals surface area (Å²) in [7, 11) is 0. The van der Waals surface area contributed by atoms with Crippen molar-refractivity contribution in [1.29, 1.82) is 0 Å². The average Bonchev–Trinajstić information content (AvgIpc) is 3.08. The third kappa shape index (κ3) is 4.12. The summed E-state index contributed by atoms with van der Waals surface area (Å²) in [6.07, 6.45) is -0.817. The molecule has 0 aliphatic carbocycles. The highest BCUT2D eigenvalue weighted by molar-refractivity contribution is 7.99. The Bertz CT molecular complexity index is 1050. The molecule has 8 nitrogen and oxygen atoms in total. The molecule has 0 aliphatic rings. The van der Waals surface area contributed by atoms with Crippen molar-refractivity contribution < 1.29 is 14.3 Å². The van der Waals surface area contributed by atoms with E-state index in [-0.39, 0.29) is 17.5 Å². The number of rotatable bonds is 5. The number of thioether (sulfide) groups is 1. The molecule has 3 N–H and O–H groups in total. The number of thiophene rings is 1. The number of hydrogen-bond donors (Lipinski definition) is 2. The molecule has 3 rings (SSSR count). The number of alkyl carbamates (subject to hydrolysis) is 1. The molecule has 0 fully saturated rings. The lowest BCUT2D eigenvalue weighted by Crippen LogP contribution is -2.33. The van der Waals surface area contributed by atoms with Gasteiger partial charge >= 0.3 is 6.09 Å². The first-order valence-electron chi connectivity index (χ1n) is 7.95. The highest BCUT2D eigenvalue weighted by atomic mass is 32.2. The summed E-state index contributed by atoms with van der Waals surface area (Å²) in [4.78, 5) is 40.7. The number of nitrogen functional groups attached to an aromatic ring is 1. The summed E-state index contributed by atoms with van der Waals surface area (Å²) >= 11 is 2.29. The van der Waals surface area contributed by atoms with E-state index >= 15 is 0 Å². The van der Waals surface area contributed by atoms with Gasteiger partial charge in [-0.1, -0.05) is 42.1 Å². The van der Waals surface area contributed by atoms with Gasteiger partial charge in [-0.05, 0) is 12.5 Å². The number of fused-ring (bicyclic) bond motifs is 1. The fourth-order valence-electron chi connectivity index (χ4n) is 2.36. The molecule has 0 saturated carbocycles. The Morgan fingerprint density at radius 3 is 2.78 bits per heavy atom. The maximum Gasteiger partial charge on any atom is 0.413 e. The molecule has 0 unspecified atom stereocenters. The van der Waals surface area contributed by atoms with Crippen LogP contribution in [0.1, 0.15) is 6.92 Å². The summed E-state index contributed by atoms with van der Waals surface area (Å²) in [5.74, 6) is 5.19. The lowest BCUT2D eigenvalue weighted by Gasteiger charge is -2.08. The zero-order valence-corrected chi connectivity index (χ0v) is 15.9. The fourth-order valence-corrected chi connectivity index (χ4v) is 4.07. The number of nitrogens with one attached hydrogen (secondary N) is 1. The van der Waals surface area contributed by atoms with Crippen LogP contribution in [-0.2, 0) is 9.53 Å². The van der Waals surface area contributed by atoms with E-state index in [4.69, 9.17) is 5.84 Å². The summed E-state index contributed by atoms with van der Waals surface area (Å²) < 4.78 is 5.56. The lowest BCUT2D eigenvalue weighted by molar-refractivity contribution is -0.117. The van der Waals surface area contributed by atoms with Crippen LogP contribution in [0.15, 0.2) is 45.7 Å². The topological polar surface area (TPSA) is 116 Å². The van der Waals surface area contributed by atoms with Gasteiger partial charge in [0.05, 0.1) is 17.7 Å². The molecule has 1 aromatic carbocycles. The lowest BCUT2D eigenvalue weighted by atomic mass is 10.1. The predicted molar refractivity (Wildman–Crippen MR) is 105 cm³/mol. The number of ether oxygens (including phenoxy) is 1. The Morgan fingerprint density at radius 1 is 1.33 bits per heavy atom. The largest absolute Gasteiger partial charge is 0.450 e. The van der Waals surface area contributed by atoms with E-state index in [0.717, 1.165) is 27.6 Å². The Kier molecular flexibility index (Phi) is 5.77. The molecule has 0 radical (unpaired) electrons. The van der Waals surface area contributed by atoms with Crippen LogP contribution in [0.2, 0.25) is 0 Å². The van der Waals surface area contributed by atoms with E-state index in [9.17, 15) is 14.4 Å². The number of aromatic nitrogens is 2. The van der Waals surface area contributed by atoms with Crippen molar-refractivity contribution in [3.8, 4) is 11.1 Å². The minimum absolute atomic E-state index is 0.134. The molecule has 0 atom stereocenters. The van der Waals surface area contributed by atoms with Crippen LogP contribution in [-0.4, -0.2) is 34.0 Å². The van der Waals surface area contributed by atoms with Crippen LogP contribution >= 0.6 is 23.1 Å². The molecule has 10 heteroatoms. The van der Waals surface area contributed by atoms with E-state index in [2.05, 4.69) is 15.0 Å².